The molecule has 198 valence electrons. The molecule has 5 heteroatoms. The quantitative estimate of drug-likeness (QED) is 0.336. The van der Waals surface area contributed by atoms with Gasteiger partial charge in [0.05, 0.1) is 11.4 Å². The van der Waals surface area contributed by atoms with Gasteiger partial charge in [-0.25, -0.2) is 0 Å². The maximum Gasteiger partial charge on any atom is 0.256 e. The number of fused-ring (bicyclic) bond motifs is 1. The smallest absolute Gasteiger partial charge is 0.256 e. The predicted molar refractivity (Wildman–Crippen MR) is 158 cm³/mol. The van der Waals surface area contributed by atoms with Crippen molar-refractivity contribution in [2.75, 3.05) is 43.5 Å². The van der Waals surface area contributed by atoms with Crippen molar-refractivity contribution in [1.82, 2.24) is 9.80 Å². The number of hydrogen-bond donors (Lipinski definition) is 0. The monoisotopic (exact) mass is 525 g/mol. The molecule has 1 saturated carbocycles. The van der Waals surface area contributed by atoms with E-state index in [0.717, 1.165) is 55.5 Å². The molecular weight excluding hydrogens is 486 g/mol. The minimum absolute atomic E-state index is 0.249. The van der Waals surface area contributed by atoms with Gasteiger partial charge in [-0.15, -0.1) is 11.8 Å². The van der Waals surface area contributed by atoms with Gasteiger partial charge in [-0.1, -0.05) is 79.9 Å². The van der Waals surface area contributed by atoms with Crippen molar-refractivity contribution >= 4 is 23.4 Å². The summed E-state index contributed by atoms with van der Waals surface area (Å²) in [5.41, 5.74) is 4.92. The lowest BCUT2D eigenvalue weighted by atomic mass is 9.88. The predicted octanol–water partition coefficient (Wildman–Crippen LogP) is 6.87. The number of thioether (sulfide) groups is 1. The van der Waals surface area contributed by atoms with Crippen LogP contribution in [0.15, 0.2) is 83.8 Å². The number of piperazine rings is 1. The number of carbonyl (C=O) groups is 1. The normalized spacial score (nSPS) is 19.1. The first kappa shape index (κ1) is 25.5. The molecule has 3 aliphatic rings. The van der Waals surface area contributed by atoms with Crippen molar-refractivity contribution in [3.8, 4) is 0 Å². The van der Waals surface area contributed by atoms with Gasteiger partial charge in [-0.2, -0.15) is 0 Å². The van der Waals surface area contributed by atoms with E-state index in [0.29, 0.717) is 12.0 Å². The summed E-state index contributed by atoms with van der Waals surface area (Å²) in [6.45, 7) is 5.23. The van der Waals surface area contributed by atoms with E-state index in [-0.39, 0.29) is 5.91 Å². The summed E-state index contributed by atoms with van der Waals surface area (Å²) in [6.07, 6.45) is 7.28. The molecule has 0 atom stereocenters. The number of benzene rings is 3. The second-order valence-electron chi connectivity index (χ2n) is 11.0. The Morgan fingerprint density at radius 1 is 0.789 bits per heavy atom. The fraction of sp³-hybridized carbons (Fsp3) is 0.424. The minimum Gasteiger partial charge on any atom is -0.369 e. The van der Waals surface area contributed by atoms with E-state index in [9.17, 15) is 4.79 Å². The maximum atomic E-state index is 13.5. The highest BCUT2D eigenvalue weighted by molar-refractivity contribution is 7.99. The Bertz CT molecular complexity index is 1160. The van der Waals surface area contributed by atoms with Crippen LogP contribution in [-0.2, 0) is 0 Å². The molecular formula is C33H39N3OS. The first-order valence-electron chi connectivity index (χ1n) is 14.4. The standard InChI is InChI=1S/C33H39N3OS/c37-33-31-24-29(16-17-32(31)38-25-36(33)28-14-8-3-9-15-28)35-22-20-34(21-23-35)19-18-30(26-10-4-1-5-11-26)27-12-6-2-7-13-27/h1-2,4-7,10-13,16-17,24,28,30H,3,8-9,14-15,18-23,25H2. The number of hydrogen-bond acceptors (Lipinski definition) is 4. The summed E-state index contributed by atoms with van der Waals surface area (Å²) in [6, 6.07) is 28.9. The Morgan fingerprint density at radius 2 is 1.45 bits per heavy atom. The zero-order valence-corrected chi connectivity index (χ0v) is 23.1. The number of rotatable bonds is 7. The van der Waals surface area contributed by atoms with Crippen LogP contribution in [0.2, 0.25) is 0 Å². The Kier molecular flexibility index (Phi) is 8.03. The average molecular weight is 526 g/mol. The highest BCUT2D eigenvalue weighted by Gasteiger charge is 2.32. The summed E-state index contributed by atoms with van der Waals surface area (Å²) in [5, 5.41) is 0. The molecule has 2 heterocycles. The summed E-state index contributed by atoms with van der Waals surface area (Å²) in [7, 11) is 0. The number of amides is 1. The Labute approximate surface area is 232 Å². The van der Waals surface area contributed by atoms with Crippen molar-refractivity contribution in [2.24, 2.45) is 0 Å². The zero-order valence-electron chi connectivity index (χ0n) is 22.3. The summed E-state index contributed by atoms with van der Waals surface area (Å²) in [4.78, 5) is 21.9. The van der Waals surface area contributed by atoms with Gasteiger partial charge in [0.15, 0.2) is 0 Å². The van der Waals surface area contributed by atoms with Gasteiger partial charge in [-0.05, 0) is 55.1 Å². The van der Waals surface area contributed by atoms with Crippen molar-refractivity contribution in [3.63, 3.8) is 0 Å². The number of nitrogens with zero attached hydrogens (tertiary/aromatic N) is 3. The lowest BCUT2D eigenvalue weighted by molar-refractivity contribution is 0.0672. The largest absolute Gasteiger partial charge is 0.369 e. The second-order valence-corrected chi connectivity index (χ2v) is 12.0. The van der Waals surface area contributed by atoms with Crippen LogP contribution in [0, 0.1) is 0 Å². The fourth-order valence-electron chi connectivity index (χ4n) is 6.46. The van der Waals surface area contributed by atoms with E-state index in [1.807, 2.05) is 11.8 Å². The topological polar surface area (TPSA) is 26.8 Å². The van der Waals surface area contributed by atoms with E-state index in [2.05, 4.69) is 93.6 Å². The second kappa shape index (κ2) is 12.0. The maximum absolute atomic E-state index is 13.5. The Morgan fingerprint density at radius 3 is 2.11 bits per heavy atom. The minimum atomic E-state index is 0.249. The summed E-state index contributed by atoms with van der Waals surface area (Å²) >= 11 is 1.83. The van der Waals surface area contributed by atoms with E-state index in [1.165, 1.54) is 48.9 Å². The third-order valence-corrected chi connectivity index (χ3v) is 9.78. The highest BCUT2D eigenvalue weighted by Crippen LogP contribution is 2.37. The molecule has 6 rings (SSSR count). The van der Waals surface area contributed by atoms with Crippen molar-refractivity contribution in [1.29, 1.82) is 0 Å². The summed E-state index contributed by atoms with van der Waals surface area (Å²) in [5.74, 6) is 1.48. The Balaban J connectivity index is 1.08. The van der Waals surface area contributed by atoms with E-state index in [1.54, 1.807) is 0 Å². The van der Waals surface area contributed by atoms with Crippen LogP contribution in [0.3, 0.4) is 0 Å². The molecule has 0 bridgehead atoms. The molecule has 3 aromatic rings. The SMILES string of the molecule is O=C1c2cc(N3CCN(CCC(c4ccccc4)c4ccccc4)CC3)ccc2SCN1C1CCCCC1. The van der Waals surface area contributed by atoms with Crippen LogP contribution in [-0.4, -0.2) is 60.3 Å². The average Bonchev–Trinajstić information content (AvgIpc) is 2.99. The molecule has 0 spiro atoms. The van der Waals surface area contributed by atoms with Gasteiger partial charge >= 0.3 is 0 Å². The van der Waals surface area contributed by atoms with Crippen LogP contribution >= 0.6 is 11.8 Å². The van der Waals surface area contributed by atoms with Gasteiger partial charge in [-0.3, -0.25) is 9.69 Å². The lowest BCUT2D eigenvalue weighted by Crippen LogP contribution is -2.47. The third-order valence-electron chi connectivity index (χ3n) is 8.70. The summed E-state index contributed by atoms with van der Waals surface area (Å²) < 4.78 is 0. The van der Waals surface area contributed by atoms with Crippen LogP contribution in [0.4, 0.5) is 5.69 Å². The van der Waals surface area contributed by atoms with Crippen molar-refractivity contribution in [2.45, 2.75) is 55.4 Å². The molecule has 2 fully saturated rings. The number of carbonyl (C=O) groups excluding carboxylic acids is 1. The van der Waals surface area contributed by atoms with Crippen molar-refractivity contribution < 1.29 is 4.79 Å². The fourth-order valence-corrected chi connectivity index (χ4v) is 7.53. The molecule has 3 aromatic carbocycles. The third kappa shape index (κ3) is 5.64. The van der Waals surface area contributed by atoms with Crippen molar-refractivity contribution in [3.05, 3.63) is 95.6 Å². The molecule has 0 N–H and O–H groups in total. The number of anilines is 1. The van der Waals surface area contributed by atoms with Gasteiger partial charge in [0.2, 0.25) is 0 Å². The van der Waals surface area contributed by atoms with Gasteiger partial charge in [0.1, 0.15) is 0 Å². The zero-order chi connectivity index (χ0) is 25.7. The highest BCUT2D eigenvalue weighted by atomic mass is 32.2. The van der Waals surface area contributed by atoms with E-state index in [4.69, 9.17) is 0 Å². The van der Waals surface area contributed by atoms with Crippen LogP contribution in [0.5, 0.6) is 0 Å². The van der Waals surface area contributed by atoms with E-state index >= 15 is 0 Å². The van der Waals surface area contributed by atoms with Crippen LogP contribution in [0.1, 0.15) is 65.9 Å². The molecule has 38 heavy (non-hydrogen) atoms. The molecule has 1 amide bonds. The van der Waals surface area contributed by atoms with E-state index < -0.39 is 0 Å². The molecule has 2 aliphatic heterocycles. The molecule has 1 saturated heterocycles. The van der Waals surface area contributed by atoms with Gasteiger partial charge < -0.3 is 9.80 Å². The van der Waals surface area contributed by atoms with Crippen LogP contribution in [0.25, 0.3) is 0 Å². The molecule has 4 nitrogen and oxygen atoms in total. The molecule has 0 radical (unpaired) electrons. The first-order valence-corrected chi connectivity index (χ1v) is 15.4. The Hall–Kier alpha value is -2.76. The molecule has 0 unspecified atom stereocenters. The van der Waals surface area contributed by atoms with Gasteiger partial charge in [0, 0.05) is 48.7 Å². The molecule has 1 aliphatic carbocycles. The lowest BCUT2D eigenvalue weighted by Gasteiger charge is -2.39. The molecule has 0 aromatic heterocycles. The van der Waals surface area contributed by atoms with Crippen LogP contribution < -0.4 is 4.90 Å². The van der Waals surface area contributed by atoms with Gasteiger partial charge in [0.25, 0.3) is 5.91 Å². The first-order chi connectivity index (χ1) is 18.8.